The van der Waals surface area contributed by atoms with Crippen molar-refractivity contribution in [2.45, 2.75) is 26.4 Å². The Morgan fingerprint density at radius 3 is 2.37 bits per heavy atom. The fraction of sp³-hybridized carbons (Fsp3) is 0.917. The first-order valence-electron chi connectivity index (χ1n) is 6.38. The van der Waals surface area contributed by atoms with Crippen LogP contribution in [0.4, 0.5) is 4.79 Å². The van der Waals surface area contributed by atoms with Crippen LogP contribution in [0.1, 0.15) is 20.8 Å². The molecule has 0 aliphatic heterocycles. The smallest absolute Gasteiger partial charge is 0.410 e. The average Bonchev–Trinajstić information content (AvgIpc) is 2.29. The van der Waals surface area contributed by atoms with E-state index in [-0.39, 0.29) is 12.7 Å². The maximum Gasteiger partial charge on any atom is 0.410 e. The van der Waals surface area contributed by atoms with Gasteiger partial charge in [0.2, 0.25) is 0 Å². The molecule has 110 valence electrons. The first kappa shape index (κ1) is 18.2. The van der Waals surface area contributed by atoms with Crippen LogP contribution in [0.2, 0.25) is 0 Å². The van der Waals surface area contributed by atoms with Crippen molar-refractivity contribution in [2.75, 3.05) is 46.5 Å². The summed E-state index contributed by atoms with van der Waals surface area (Å²) in [5.74, 6) is 0. The van der Waals surface area contributed by atoms with Crippen LogP contribution in [0.5, 0.6) is 0 Å². The van der Waals surface area contributed by atoms with E-state index in [1.54, 1.807) is 11.9 Å². The zero-order valence-electron chi connectivity index (χ0n) is 12.4. The average molecular weight is 272 g/mol. The van der Waals surface area contributed by atoms with E-state index in [4.69, 9.17) is 22.6 Å². The fourth-order valence-corrected chi connectivity index (χ4v) is 1.17. The number of rotatable bonds is 8. The monoisotopic (exact) mass is 272 g/mol. The zero-order valence-corrected chi connectivity index (χ0v) is 12.4. The number of hydrogen-bond donors (Lipinski definition) is 1. The topological polar surface area (TPSA) is 62.2 Å². The highest BCUT2D eigenvalue weighted by molar-refractivity contribution is 6.04. The normalized spacial score (nSPS) is 11.7. The van der Waals surface area contributed by atoms with Crippen LogP contribution in [-0.2, 0) is 9.47 Å². The number of hydrogen-bond acceptors (Lipinski definition) is 5. The molecule has 0 aromatic rings. The number of carbonyl (C=O) groups excluding carboxylic acids is 1. The van der Waals surface area contributed by atoms with Crippen LogP contribution < -0.4 is 0 Å². The molecule has 0 aromatic carbocycles. The summed E-state index contributed by atoms with van der Waals surface area (Å²) in [6.45, 7) is 7.79. The molecule has 7 heteroatoms. The lowest BCUT2D eigenvalue weighted by molar-refractivity contribution is 0.0289. The Kier molecular flexibility index (Phi) is 8.79. The lowest BCUT2D eigenvalue weighted by Crippen LogP contribution is -2.39. The van der Waals surface area contributed by atoms with E-state index in [1.807, 2.05) is 20.8 Å². The molecule has 0 aliphatic rings. The molecule has 1 N–H and O–H groups in total. The van der Waals surface area contributed by atoms with E-state index < -0.39 is 5.60 Å². The highest BCUT2D eigenvalue weighted by Gasteiger charge is 2.19. The summed E-state index contributed by atoms with van der Waals surface area (Å²) in [6.07, 6.45) is -0.363. The second-order valence-corrected chi connectivity index (χ2v) is 5.27. The molecule has 0 rings (SSSR count). The molecule has 19 heavy (non-hydrogen) atoms. The van der Waals surface area contributed by atoms with Crippen molar-refractivity contribution in [3.05, 3.63) is 0 Å². The summed E-state index contributed by atoms with van der Waals surface area (Å²) in [5.41, 5.74) is -0.494. The molecule has 0 saturated carbocycles. The molecule has 0 atom stereocenters. The van der Waals surface area contributed by atoms with Crippen molar-refractivity contribution in [1.29, 1.82) is 0 Å². The minimum absolute atomic E-state index is 0.00591. The predicted octanol–water partition coefficient (Wildman–Crippen LogP) is 0.248. The van der Waals surface area contributed by atoms with Crippen molar-refractivity contribution in [3.63, 3.8) is 0 Å². The van der Waals surface area contributed by atoms with Gasteiger partial charge in [0.1, 0.15) is 5.60 Å². The van der Waals surface area contributed by atoms with Crippen LogP contribution in [0.15, 0.2) is 0 Å². The fourth-order valence-electron chi connectivity index (χ4n) is 1.17. The summed E-state index contributed by atoms with van der Waals surface area (Å²) in [4.78, 5) is 14.7. The van der Waals surface area contributed by atoms with Gasteiger partial charge >= 0.3 is 6.09 Å². The third-order valence-corrected chi connectivity index (χ3v) is 2.19. The maximum absolute atomic E-state index is 11.7. The summed E-state index contributed by atoms with van der Waals surface area (Å²) in [5, 5.41) is 8.53. The van der Waals surface area contributed by atoms with Crippen LogP contribution in [0.25, 0.3) is 0 Å². The minimum Gasteiger partial charge on any atom is -0.444 e. The van der Waals surface area contributed by atoms with Gasteiger partial charge in [-0.2, -0.15) is 0 Å². The Hall–Kier alpha value is -0.785. The van der Waals surface area contributed by atoms with Gasteiger partial charge in [-0.15, -0.1) is 0 Å². The third-order valence-electron chi connectivity index (χ3n) is 2.19. The SMILES string of the molecule is [B]N(CCOCCO)CCN(C)C(=O)OC(C)(C)C. The van der Waals surface area contributed by atoms with Crippen molar-refractivity contribution >= 4 is 14.1 Å². The number of carbonyl (C=O) groups is 1. The molecular formula is C12H25BN2O4. The number of amides is 1. The molecular weight excluding hydrogens is 247 g/mol. The van der Waals surface area contributed by atoms with Gasteiger partial charge in [-0.05, 0) is 20.8 Å². The van der Waals surface area contributed by atoms with Crippen molar-refractivity contribution in [2.24, 2.45) is 0 Å². The molecule has 0 aliphatic carbocycles. The Balaban J connectivity index is 3.76. The summed E-state index contributed by atoms with van der Waals surface area (Å²) < 4.78 is 10.3. The molecule has 0 spiro atoms. The minimum atomic E-state index is -0.494. The third kappa shape index (κ3) is 10.8. The lowest BCUT2D eigenvalue weighted by atomic mass is 10.2. The molecule has 0 bridgehead atoms. The van der Waals surface area contributed by atoms with E-state index in [0.29, 0.717) is 32.8 Å². The first-order chi connectivity index (χ1) is 8.76. The Labute approximate surface area is 117 Å². The largest absolute Gasteiger partial charge is 0.444 e. The van der Waals surface area contributed by atoms with Gasteiger partial charge in [-0.25, -0.2) is 4.79 Å². The van der Waals surface area contributed by atoms with Gasteiger partial charge in [0, 0.05) is 26.7 Å². The van der Waals surface area contributed by atoms with Gasteiger partial charge < -0.3 is 24.3 Å². The number of aliphatic hydroxyl groups is 1. The van der Waals surface area contributed by atoms with Crippen molar-refractivity contribution < 1.29 is 19.4 Å². The summed E-state index contributed by atoms with van der Waals surface area (Å²) >= 11 is 0. The van der Waals surface area contributed by atoms with E-state index in [0.717, 1.165) is 0 Å². The van der Waals surface area contributed by atoms with E-state index in [2.05, 4.69) is 0 Å². The molecule has 2 radical (unpaired) electrons. The maximum atomic E-state index is 11.7. The summed E-state index contributed by atoms with van der Waals surface area (Å²) in [7, 11) is 7.41. The number of likely N-dealkylation sites (N-methyl/N-ethyl adjacent to an activating group) is 1. The van der Waals surface area contributed by atoms with Gasteiger partial charge in [0.05, 0.1) is 19.8 Å². The Morgan fingerprint density at radius 1 is 1.21 bits per heavy atom. The van der Waals surface area contributed by atoms with Crippen molar-refractivity contribution in [1.82, 2.24) is 9.71 Å². The van der Waals surface area contributed by atoms with E-state index in [1.165, 1.54) is 4.90 Å². The number of ether oxygens (including phenoxy) is 2. The molecule has 0 unspecified atom stereocenters. The first-order valence-corrected chi connectivity index (χ1v) is 6.38. The second-order valence-electron chi connectivity index (χ2n) is 5.27. The molecule has 0 aromatic heterocycles. The molecule has 1 amide bonds. The molecule has 6 nitrogen and oxygen atoms in total. The van der Waals surface area contributed by atoms with Gasteiger partial charge in [0.25, 0.3) is 0 Å². The molecule has 0 saturated heterocycles. The van der Waals surface area contributed by atoms with E-state index in [9.17, 15) is 4.79 Å². The lowest BCUT2D eigenvalue weighted by Gasteiger charge is -2.26. The van der Waals surface area contributed by atoms with Gasteiger partial charge in [-0.3, -0.25) is 0 Å². The Bertz CT molecular complexity index is 259. The Morgan fingerprint density at radius 2 is 1.84 bits per heavy atom. The highest BCUT2D eigenvalue weighted by atomic mass is 16.6. The van der Waals surface area contributed by atoms with Gasteiger partial charge in [0.15, 0.2) is 7.98 Å². The molecule has 0 heterocycles. The standard InChI is InChI=1S/C12H25BN2O4/c1-12(2,3)19-11(17)14(4)5-6-15(13)7-9-18-10-8-16/h16H,5-10H2,1-4H3. The predicted molar refractivity (Wildman–Crippen MR) is 74.1 cm³/mol. The van der Waals surface area contributed by atoms with Crippen LogP contribution >= 0.6 is 0 Å². The zero-order chi connectivity index (χ0) is 14.9. The second kappa shape index (κ2) is 9.17. The highest BCUT2D eigenvalue weighted by Crippen LogP contribution is 2.08. The van der Waals surface area contributed by atoms with E-state index >= 15 is 0 Å². The van der Waals surface area contributed by atoms with Crippen LogP contribution in [0.3, 0.4) is 0 Å². The number of nitrogens with zero attached hydrogens (tertiary/aromatic N) is 2. The molecule has 0 fully saturated rings. The van der Waals surface area contributed by atoms with Crippen molar-refractivity contribution in [3.8, 4) is 0 Å². The summed E-state index contributed by atoms with van der Waals surface area (Å²) in [6, 6.07) is 0. The van der Waals surface area contributed by atoms with Gasteiger partial charge in [-0.1, -0.05) is 0 Å². The number of aliphatic hydroxyl groups excluding tert-OH is 1. The van der Waals surface area contributed by atoms with Crippen LogP contribution in [0, 0.1) is 0 Å². The quantitative estimate of drug-likeness (QED) is 0.507. The van der Waals surface area contributed by atoms with Crippen LogP contribution in [-0.4, -0.2) is 81.0 Å².